The molecule has 0 saturated carbocycles. The Hall–Kier alpha value is -0.380. The summed E-state index contributed by atoms with van der Waals surface area (Å²) in [6.07, 6.45) is 4.33. The second-order valence-electron chi connectivity index (χ2n) is 4.36. The van der Waals surface area contributed by atoms with Gasteiger partial charge in [0, 0.05) is 31.7 Å². The lowest BCUT2D eigenvalue weighted by Crippen LogP contribution is -2.51. The highest BCUT2D eigenvalue weighted by Crippen LogP contribution is 2.06. The molecule has 1 N–H and O–H groups in total. The molecule has 1 unspecified atom stereocenters. The molecule has 3 nitrogen and oxygen atoms in total. The average Bonchev–Trinajstić information content (AvgIpc) is 2.24. The Morgan fingerprint density at radius 1 is 1.53 bits per heavy atom. The SMILES string of the molecule is C/C=C/CN1CCOCC1CNC(C)C. The van der Waals surface area contributed by atoms with Crippen molar-refractivity contribution in [3.63, 3.8) is 0 Å². The summed E-state index contributed by atoms with van der Waals surface area (Å²) in [5.74, 6) is 0. The molecule has 1 saturated heterocycles. The van der Waals surface area contributed by atoms with Gasteiger partial charge < -0.3 is 10.1 Å². The minimum Gasteiger partial charge on any atom is -0.378 e. The van der Waals surface area contributed by atoms with Gasteiger partial charge in [-0.25, -0.2) is 0 Å². The van der Waals surface area contributed by atoms with Gasteiger partial charge in [-0.2, -0.15) is 0 Å². The molecular formula is C12H24N2O. The third kappa shape index (κ3) is 4.78. The Morgan fingerprint density at radius 2 is 2.33 bits per heavy atom. The van der Waals surface area contributed by atoms with Crippen molar-refractivity contribution < 1.29 is 4.74 Å². The first-order chi connectivity index (χ1) is 7.24. The van der Waals surface area contributed by atoms with Crippen LogP contribution in [0.1, 0.15) is 20.8 Å². The van der Waals surface area contributed by atoms with Crippen molar-refractivity contribution in [3.8, 4) is 0 Å². The Balaban J connectivity index is 2.35. The highest BCUT2D eigenvalue weighted by atomic mass is 16.5. The lowest BCUT2D eigenvalue weighted by molar-refractivity contribution is -0.00160. The largest absolute Gasteiger partial charge is 0.378 e. The van der Waals surface area contributed by atoms with Crippen LogP contribution >= 0.6 is 0 Å². The smallest absolute Gasteiger partial charge is 0.0635 e. The van der Waals surface area contributed by atoms with E-state index in [0.29, 0.717) is 12.1 Å². The van der Waals surface area contributed by atoms with E-state index in [4.69, 9.17) is 4.74 Å². The average molecular weight is 212 g/mol. The minimum absolute atomic E-state index is 0.525. The molecule has 88 valence electrons. The third-order valence-electron chi connectivity index (χ3n) is 2.69. The van der Waals surface area contributed by atoms with E-state index < -0.39 is 0 Å². The van der Waals surface area contributed by atoms with Gasteiger partial charge in [-0.15, -0.1) is 0 Å². The van der Waals surface area contributed by atoms with E-state index in [0.717, 1.165) is 32.8 Å². The van der Waals surface area contributed by atoms with E-state index in [2.05, 4.69) is 43.1 Å². The summed E-state index contributed by atoms with van der Waals surface area (Å²) < 4.78 is 5.52. The lowest BCUT2D eigenvalue weighted by Gasteiger charge is -2.35. The molecule has 0 radical (unpaired) electrons. The molecule has 1 atom stereocenters. The Kier molecular flexibility index (Phi) is 5.91. The van der Waals surface area contributed by atoms with Gasteiger partial charge in [0.1, 0.15) is 0 Å². The third-order valence-corrected chi connectivity index (χ3v) is 2.69. The topological polar surface area (TPSA) is 24.5 Å². The molecule has 1 heterocycles. The van der Waals surface area contributed by atoms with E-state index in [1.54, 1.807) is 0 Å². The number of hydrogen-bond donors (Lipinski definition) is 1. The summed E-state index contributed by atoms with van der Waals surface area (Å²) in [7, 11) is 0. The van der Waals surface area contributed by atoms with Gasteiger partial charge in [-0.05, 0) is 6.92 Å². The summed E-state index contributed by atoms with van der Waals surface area (Å²) >= 11 is 0. The molecule has 0 aliphatic carbocycles. The summed E-state index contributed by atoms with van der Waals surface area (Å²) in [6, 6.07) is 1.08. The van der Waals surface area contributed by atoms with Crippen molar-refractivity contribution >= 4 is 0 Å². The van der Waals surface area contributed by atoms with Crippen LogP contribution < -0.4 is 5.32 Å². The van der Waals surface area contributed by atoms with E-state index in [1.165, 1.54) is 0 Å². The molecule has 3 heteroatoms. The number of nitrogens with one attached hydrogen (secondary N) is 1. The normalized spacial score (nSPS) is 24.1. The first-order valence-corrected chi connectivity index (χ1v) is 5.90. The standard InChI is InChI=1S/C12H24N2O/c1-4-5-6-14-7-8-15-10-12(14)9-13-11(2)3/h4-5,11-13H,6-10H2,1-3H3/b5-4+. The summed E-state index contributed by atoms with van der Waals surface area (Å²) in [5, 5.41) is 3.48. The van der Waals surface area contributed by atoms with Crippen molar-refractivity contribution in [1.82, 2.24) is 10.2 Å². The maximum absolute atomic E-state index is 5.52. The Morgan fingerprint density at radius 3 is 3.00 bits per heavy atom. The quantitative estimate of drug-likeness (QED) is 0.694. The highest BCUT2D eigenvalue weighted by molar-refractivity contribution is 4.86. The van der Waals surface area contributed by atoms with Gasteiger partial charge in [-0.1, -0.05) is 26.0 Å². The number of morpholine rings is 1. The van der Waals surface area contributed by atoms with Crippen molar-refractivity contribution in [2.24, 2.45) is 0 Å². The van der Waals surface area contributed by atoms with Gasteiger partial charge in [0.15, 0.2) is 0 Å². The number of allylic oxidation sites excluding steroid dienone is 1. The minimum atomic E-state index is 0.525. The molecule has 1 aliphatic heterocycles. The predicted octanol–water partition coefficient (Wildman–Crippen LogP) is 1.26. The second-order valence-corrected chi connectivity index (χ2v) is 4.36. The number of nitrogens with zero attached hydrogens (tertiary/aromatic N) is 1. The van der Waals surface area contributed by atoms with Crippen LogP contribution in [-0.2, 0) is 4.74 Å². The van der Waals surface area contributed by atoms with Crippen LogP contribution in [0, 0.1) is 0 Å². The zero-order valence-electron chi connectivity index (χ0n) is 10.2. The summed E-state index contributed by atoms with van der Waals surface area (Å²) in [6.45, 7) is 11.3. The summed E-state index contributed by atoms with van der Waals surface area (Å²) in [4.78, 5) is 2.48. The maximum atomic E-state index is 5.52. The first-order valence-electron chi connectivity index (χ1n) is 5.90. The van der Waals surface area contributed by atoms with E-state index in [1.807, 2.05) is 0 Å². The van der Waals surface area contributed by atoms with Crippen LogP contribution in [0.4, 0.5) is 0 Å². The van der Waals surface area contributed by atoms with Crippen LogP contribution in [0.15, 0.2) is 12.2 Å². The fraction of sp³-hybridized carbons (Fsp3) is 0.833. The zero-order valence-corrected chi connectivity index (χ0v) is 10.2. The lowest BCUT2D eigenvalue weighted by atomic mass is 10.2. The van der Waals surface area contributed by atoms with E-state index in [9.17, 15) is 0 Å². The monoisotopic (exact) mass is 212 g/mol. The van der Waals surface area contributed by atoms with Crippen LogP contribution in [-0.4, -0.2) is 49.8 Å². The van der Waals surface area contributed by atoms with E-state index >= 15 is 0 Å². The molecule has 1 fully saturated rings. The molecule has 0 amide bonds. The van der Waals surface area contributed by atoms with Gasteiger partial charge in [0.2, 0.25) is 0 Å². The Labute approximate surface area is 93.5 Å². The van der Waals surface area contributed by atoms with Crippen molar-refractivity contribution in [3.05, 3.63) is 12.2 Å². The molecule has 0 bridgehead atoms. The van der Waals surface area contributed by atoms with Crippen LogP contribution in [0.5, 0.6) is 0 Å². The number of hydrogen-bond acceptors (Lipinski definition) is 3. The molecule has 0 aromatic rings. The molecule has 0 aromatic heterocycles. The molecule has 1 rings (SSSR count). The Bertz CT molecular complexity index is 192. The summed E-state index contributed by atoms with van der Waals surface area (Å²) in [5.41, 5.74) is 0. The molecule has 1 aliphatic rings. The molecule has 0 spiro atoms. The van der Waals surface area contributed by atoms with Gasteiger partial charge >= 0.3 is 0 Å². The van der Waals surface area contributed by atoms with E-state index in [-0.39, 0.29) is 0 Å². The van der Waals surface area contributed by atoms with Crippen molar-refractivity contribution in [2.45, 2.75) is 32.9 Å². The number of rotatable bonds is 5. The second kappa shape index (κ2) is 6.99. The zero-order chi connectivity index (χ0) is 11.1. The highest BCUT2D eigenvalue weighted by Gasteiger charge is 2.21. The van der Waals surface area contributed by atoms with Gasteiger partial charge in [0.25, 0.3) is 0 Å². The van der Waals surface area contributed by atoms with Crippen LogP contribution in [0.2, 0.25) is 0 Å². The number of ether oxygens (including phenoxy) is 1. The molecule has 15 heavy (non-hydrogen) atoms. The fourth-order valence-corrected chi connectivity index (χ4v) is 1.73. The first kappa shape index (κ1) is 12.7. The molecule has 0 aromatic carbocycles. The van der Waals surface area contributed by atoms with Crippen molar-refractivity contribution in [2.75, 3.05) is 32.8 Å². The van der Waals surface area contributed by atoms with Crippen molar-refractivity contribution in [1.29, 1.82) is 0 Å². The van der Waals surface area contributed by atoms with Gasteiger partial charge in [0.05, 0.1) is 13.2 Å². The van der Waals surface area contributed by atoms with Crippen LogP contribution in [0.25, 0.3) is 0 Å². The fourth-order valence-electron chi connectivity index (χ4n) is 1.73. The predicted molar refractivity (Wildman–Crippen MR) is 64.1 cm³/mol. The molecular weight excluding hydrogens is 188 g/mol. The van der Waals surface area contributed by atoms with Crippen LogP contribution in [0.3, 0.4) is 0 Å². The maximum Gasteiger partial charge on any atom is 0.0635 e. The van der Waals surface area contributed by atoms with Gasteiger partial charge in [-0.3, -0.25) is 4.90 Å².